The van der Waals surface area contributed by atoms with E-state index in [4.69, 9.17) is 16.3 Å². The number of hydrogen-bond donors (Lipinski definition) is 1. The van der Waals surface area contributed by atoms with Gasteiger partial charge in [-0.05, 0) is 43.0 Å². The van der Waals surface area contributed by atoms with Crippen molar-refractivity contribution >= 4 is 17.6 Å². The Hall–Kier alpha value is -1.06. The lowest BCUT2D eigenvalue weighted by Crippen LogP contribution is -2.51. The number of methoxy groups -OCH3 is 1. The van der Waals surface area contributed by atoms with Crippen LogP contribution >= 0.6 is 11.6 Å². The van der Waals surface area contributed by atoms with Crippen LogP contribution in [0.1, 0.15) is 25.3 Å². The molecule has 98 valence electrons. The van der Waals surface area contributed by atoms with Gasteiger partial charge in [-0.15, -0.1) is 0 Å². The summed E-state index contributed by atoms with van der Waals surface area (Å²) in [6.45, 7) is 2.71. The zero-order chi connectivity index (χ0) is 13.2. The van der Waals surface area contributed by atoms with Gasteiger partial charge in [0, 0.05) is 5.02 Å². The number of esters is 1. The van der Waals surface area contributed by atoms with Gasteiger partial charge in [0.25, 0.3) is 0 Å². The lowest BCUT2D eigenvalue weighted by atomic mass is 9.84. The first kappa shape index (κ1) is 13.4. The number of likely N-dealkylation sites (N-methyl/N-ethyl adjacent to an activating group) is 1. The maximum Gasteiger partial charge on any atom is 0.331 e. The zero-order valence-corrected chi connectivity index (χ0v) is 11.5. The third-order valence-corrected chi connectivity index (χ3v) is 3.70. The third kappa shape index (κ3) is 2.25. The average molecular weight is 268 g/mol. The van der Waals surface area contributed by atoms with Gasteiger partial charge < -0.3 is 4.74 Å². The molecule has 2 rings (SSSR count). The molecule has 0 spiro atoms. The number of benzene rings is 1. The zero-order valence-electron chi connectivity index (χ0n) is 10.7. The first-order valence-corrected chi connectivity index (χ1v) is 6.62. The summed E-state index contributed by atoms with van der Waals surface area (Å²) in [4.78, 5) is 12.3. The van der Waals surface area contributed by atoms with Crippen LogP contribution in [0.4, 0.5) is 0 Å². The van der Waals surface area contributed by atoms with Crippen molar-refractivity contribution in [1.29, 1.82) is 0 Å². The minimum Gasteiger partial charge on any atom is -0.467 e. The van der Waals surface area contributed by atoms with Crippen molar-refractivity contribution in [2.45, 2.75) is 25.3 Å². The summed E-state index contributed by atoms with van der Waals surface area (Å²) in [6.07, 6.45) is 2.09. The van der Waals surface area contributed by atoms with E-state index in [1.165, 1.54) is 7.11 Å². The Labute approximate surface area is 112 Å². The fraction of sp³-hybridized carbons (Fsp3) is 0.500. The van der Waals surface area contributed by atoms with Gasteiger partial charge in [-0.25, -0.2) is 4.79 Å². The molecule has 1 unspecified atom stereocenters. The van der Waals surface area contributed by atoms with Crippen molar-refractivity contribution in [3.63, 3.8) is 0 Å². The highest BCUT2D eigenvalue weighted by Crippen LogP contribution is 2.46. The smallest absolute Gasteiger partial charge is 0.331 e. The van der Waals surface area contributed by atoms with Crippen LogP contribution in [0.5, 0.6) is 0 Å². The van der Waals surface area contributed by atoms with Crippen molar-refractivity contribution in [2.24, 2.45) is 5.92 Å². The Morgan fingerprint density at radius 3 is 2.50 bits per heavy atom. The first-order valence-electron chi connectivity index (χ1n) is 6.24. The molecule has 4 heteroatoms. The second kappa shape index (κ2) is 5.29. The molecule has 0 heterocycles. The molecule has 1 N–H and O–H groups in total. The lowest BCUT2D eigenvalue weighted by Gasteiger charge is -2.32. The van der Waals surface area contributed by atoms with E-state index in [0.717, 1.165) is 18.4 Å². The van der Waals surface area contributed by atoms with Crippen molar-refractivity contribution in [3.05, 3.63) is 34.9 Å². The Balaban J connectivity index is 2.45. The molecule has 3 nitrogen and oxygen atoms in total. The van der Waals surface area contributed by atoms with E-state index in [0.29, 0.717) is 17.5 Å². The van der Waals surface area contributed by atoms with Crippen LogP contribution in [0.3, 0.4) is 0 Å². The summed E-state index contributed by atoms with van der Waals surface area (Å²) in [5.74, 6) is 0.0975. The lowest BCUT2D eigenvalue weighted by molar-refractivity contribution is -0.150. The highest BCUT2D eigenvalue weighted by molar-refractivity contribution is 6.30. The van der Waals surface area contributed by atoms with Crippen molar-refractivity contribution in [2.75, 3.05) is 13.7 Å². The largest absolute Gasteiger partial charge is 0.467 e. The SMILES string of the molecule is CCNC(C(=O)OC)(c1ccc(Cl)cc1)C1CC1. The minimum atomic E-state index is -0.714. The van der Waals surface area contributed by atoms with Gasteiger partial charge in [0.2, 0.25) is 0 Å². The molecule has 0 aromatic heterocycles. The summed E-state index contributed by atoms with van der Waals surface area (Å²) in [5, 5.41) is 4.00. The highest BCUT2D eigenvalue weighted by Gasteiger charge is 2.52. The molecule has 0 aliphatic heterocycles. The number of hydrogen-bond acceptors (Lipinski definition) is 3. The molecule has 0 amide bonds. The average Bonchev–Trinajstić information content (AvgIpc) is 3.21. The monoisotopic (exact) mass is 267 g/mol. The summed E-state index contributed by atoms with van der Waals surface area (Å²) < 4.78 is 5.02. The van der Waals surface area contributed by atoms with Crippen LogP contribution < -0.4 is 5.32 Å². The number of carbonyl (C=O) groups is 1. The normalized spacial score (nSPS) is 18.2. The third-order valence-electron chi connectivity index (χ3n) is 3.45. The second-order valence-corrected chi connectivity index (χ2v) is 5.05. The van der Waals surface area contributed by atoms with Gasteiger partial charge in [-0.1, -0.05) is 30.7 Å². The predicted molar refractivity (Wildman–Crippen MR) is 71.5 cm³/mol. The number of carbonyl (C=O) groups excluding carboxylic acids is 1. The molecule has 1 atom stereocenters. The van der Waals surface area contributed by atoms with Gasteiger partial charge in [0.05, 0.1) is 7.11 Å². The predicted octanol–water partition coefficient (Wildman–Crippen LogP) is 2.73. The van der Waals surface area contributed by atoms with E-state index in [-0.39, 0.29) is 5.97 Å². The van der Waals surface area contributed by atoms with E-state index in [9.17, 15) is 4.79 Å². The van der Waals surface area contributed by atoms with E-state index in [1.54, 1.807) is 0 Å². The number of rotatable bonds is 5. The van der Waals surface area contributed by atoms with E-state index >= 15 is 0 Å². The Morgan fingerprint density at radius 1 is 1.44 bits per heavy atom. The molecular formula is C14H18ClNO2. The topological polar surface area (TPSA) is 38.3 Å². The summed E-state index contributed by atoms with van der Waals surface area (Å²) in [5.41, 5.74) is 0.219. The Bertz CT molecular complexity index is 428. The van der Waals surface area contributed by atoms with Crippen LogP contribution in [-0.4, -0.2) is 19.6 Å². The number of halogens is 1. The fourth-order valence-corrected chi connectivity index (χ4v) is 2.63. The molecule has 1 aromatic carbocycles. The number of nitrogens with one attached hydrogen (secondary N) is 1. The van der Waals surface area contributed by atoms with Gasteiger partial charge in [0.15, 0.2) is 0 Å². The van der Waals surface area contributed by atoms with E-state index in [1.807, 2.05) is 31.2 Å². The molecule has 1 fully saturated rings. The van der Waals surface area contributed by atoms with Gasteiger partial charge in [-0.3, -0.25) is 5.32 Å². The molecule has 0 radical (unpaired) electrons. The molecule has 1 aliphatic carbocycles. The van der Waals surface area contributed by atoms with Gasteiger partial charge in [-0.2, -0.15) is 0 Å². The van der Waals surface area contributed by atoms with Crippen LogP contribution in [0.15, 0.2) is 24.3 Å². The minimum absolute atomic E-state index is 0.214. The van der Waals surface area contributed by atoms with Crippen LogP contribution in [0, 0.1) is 5.92 Å². The fourth-order valence-electron chi connectivity index (χ4n) is 2.51. The van der Waals surface area contributed by atoms with Crippen LogP contribution in [0.2, 0.25) is 5.02 Å². The quantitative estimate of drug-likeness (QED) is 0.834. The number of ether oxygens (including phenoxy) is 1. The molecule has 18 heavy (non-hydrogen) atoms. The summed E-state index contributed by atoms with van der Waals surface area (Å²) in [6, 6.07) is 7.43. The van der Waals surface area contributed by atoms with Crippen molar-refractivity contribution in [1.82, 2.24) is 5.32 Å². The van der Waals surface area contributed by atoms with Crippen LogP contribution in [-0.2, 0) is 15.1 Å². The second-order valence-electron chi connectivity index (χ2n) is 4.61. The van der Waals surface area contributed by atoms with Gasteiger partial charge in [0.1, 0.15) is 5.54 Å². The molecule has 1 aromatic rings. The van der Waals surface area contributed by atoms with Crippen molar-refractivity contribution in [3.8, 4) is 0 Å². The summed E-state index contributed by atoms with van der Waals surface area (Å²) >= 11 is 5.91. The van der Waals surface area contributed by atoms with Crippen molar-refractivity contribution < 1.29 is 9.53 Å². The maximum atomic E-state index is 12.3. The Morgan fingerprint density at radius 2 is 2.06 bits per heavy atom. The molecule has 1 aliphatic rings. The van der Waals surface area contributed by atoms with E-state index in [2.05, 4.69) is 5.32 Å². The van der Waals surface area contributed by atoms with Gasteiger partial charge >= 0.3 is 5.97 Å². The standard InChI is InChI=1S/C14H18ClNO2/c1-3-16-14(10-4-5-10,13(17)18-2)11-6-8-12(15)9-7-11/h6-10,16H,3-5H2,1-2H3. The van der Waals surface area contributed by atoms with E-state index < -0.39 is 5.54 Å². The molecule has 0 saturated heterocycles. The molecule has 1 saturated carbocycles. The molecule has 0 bridgehead atoms. The Kier molecular flexibility index (Phi) is 3.93. The maximum absolute atomic E-state index is 12.3. The first-order chi connectivity index (χ1) is 8.65. The summed E-state index contributed by atoms with van der Waals surface area (Å²) in [7, 11) is 1.44. The highest BCUT2D eigenvalue weighted by atomic mass is 35.5. The molecular weight excluding hydrogens is 250 g/mol. The van der Waals surface area contributed by atoms with Crippen LogP contribution in [0.25, 0.3) is 0 Å².